The fourth-order valence-electron chi connectivity index (χ4n) is 3.81. The second-order valence-corrected chi connectivity index (χ2v) is 7.23. The number of nitrogens with one attached hydrogen (secondary N) is 1. The Morgan fingerprint density at radius 3 is 2.88 bits per heavy atom. The summed E-state index contributed by atoms with van der Waals surface area (Å²) in [5.74, 6) is 0.949. The highest BCUT2D eigenvalue weighted by molar-refractivity contribution is 6.05. The van der Waals surface area contributed by atoms with E-state index in [1.165, 1.54) is 10.8 Å². The van der Waals surface area contributed by atoms with Crippen LogP contribution in [0, 0.1) is 5.41 Å². The zero-order valence-corrected chi connectivity index (χ0v) is 14.6. The van der Waals surface area contributed by atoms with Crippen LogP contribution in [0.25, 0.3) is 21.7 Å². The summed E-state index contributed by atoms with van der Waals surface area (Å²) < 4.78 is 11.7. The van der Waals surface area contributed by atoms with E-state index in [1.54, 1.807) is 0 Å². The Labute approximate surface area is 147 Å². The SMILES string of the molecule is CC(NCC1(CCO)CCOC1)c1cc2c(ccc3ccccc32)o1. The number of rotatable bonds is 6. The molecule has 0 aliphatic carbocycles. The van der Waals surface area contributed by atoms with E-state index in [9.17, 15) is 5.11 Å². The first-order valence-corrected chi connectivity index (χ1v) is 9.04. The lowest BCUT2D eigenvalue weighted by Gasteiger charge is -2.28. The van der Waals surface area contributed by atoms with Crippen molar-refractivity contribution in [2.24, 2.45) is 5.41 Å². The molecule has 25 heavy (non-hydrogen) atoms. The van der Waals surface area contributed by atoms with Crippen LogP contribution in [0.1, 0.15) is 31.6 Å². The van der Waals surface area contributed by atoms with Crippen LogP contribution >= 0.6 is 0 Å². The van der Waals surface area contributed by atoms with Crippen LogP contribution in [0.3, 0.4) is 0 Å². The number of hydrogen-bond acceptors (Lipinski definition) is 4. The van der Waals surface area contributed by atoms with Crippen molar-refractivity contribution in [3.05, 3.63) is 48.2 Å². The molecule has 1 aromatic heterocycles. The van der Waals surface area contributed by atoms with E-state index < -0.39 is 0 Å². The van der Waals surface area contributed by atoms with Crippen LogP contribution in [-0.4, -0.2) is 31.5 Å². The van der Waals surface area contributed by atoms with Crippen LogP contribution in [0.15, 0.2) is 46.9 Å². The fraction of sp³-hybridized carbons (Fsp3) is 0.429. The molecule has 2 aromatic carbocycles. The van der Waals surface area contributed by atoms with Gasteiger partial charge in [-0.25, -0.2) is 0 Å². The summed E-state index contributed by atoms with van der Waals surface area (Å²) in [4.78, 5) is 0. The van der Waals surface area contributed by atoms with Crippen molar-refractivity contribution in [1.82, 2.24) is 5.32 Å². The number of hydrogen-bond donors (Lipinski definition) is 2. The normalized spacial score (nSPS) is 22.0. The van der Waals surface area contributed by atoms with Crippen molar-refractivity contribution < 1.29 is 14.3 Å². The van der Waals surface area contributed by atoms with Gasteiger partial charge in [-0.15, -0.1) is 0 Å². The Kier molecular flexibility index (Phi) is 4.50. The molecule has 4 rings (SSSR count). The molecule has 3 aromatic rings. The summed E-state index contributed by atoms with van der Waals surface area (Å²) in [5, 5.41) is 16.6. The van der Waals surface area contributed by atoms with Crippen LogP contribution in [-0.2, 0) is 4.74 Å². The van der Waals surface area contributed by atoms with Crippen molar-refractivity contribution in [1.29, 1.82) is 0 Å². The zero-order chi connectivity index (χ0) is 17.3. The molecule has 2 unspecified atom stereocenters. The molecule has 0 bridgehead atoms. The van der Waals surface area contributed by atoms with Gasteiger partial charge in [0, 0.05) is 30.6 Å². The van der Waals surface area contributed by atoms with E-state index in [0.717, 1.165) is 49.3 Å². The summed E-state index contributed by atoms with van der Waals surface area (Å²) in [6, 6.07) is 14.8. The van der Waals surface area contributed by atoms with Gasteiger partial charge in [-0.1, -0.05) is 30.3 Å². The maximum atomic E-state index is 9.37. The monoisotopic (exact) mass is 339 g/mol. The Morgan fingerprint density at radius 1 is 1.20 bits per heavy atom. The Balaban J connectivity index is 1.55. The van der Waals surface area contributed by atoms with Crippen LogP contribution in [0.4, 0.5) is 0 Å². The van der Waals surface area contributed by atoms with E-state index in [2.05, 4.69) is 48.6 Å². The van der Waals surface area contributed by atoms with Crippen molar-refractivity contribution >= 4 is 21.7 Å². The standard InChI is InChI=1S/C21H25NO3/c1-15(22-13-21(8-10-23)9-11-24-14-21)20-12-18-17-5-3-2-4-16(17)6-7-19(18)25-20/h2-7,12,15,22-23H,8-11,13-14H2,1H3. The average Bonchev–Trinajstić information content (AvgIpc) is 3.27. The molecule has 1 fully saturated rings. The van der Waals surface area contributed by atoms with Crippen molar-refractivity contribution in [3.63, 3.8) is 0 Å². The van der Waals surface area contributed by atoms with Gasteiger partial charge < -0.3 is 19.6 Å². The number of aliphatic hydroxyl groups is 1. The second kappa shape index (κ2) is 6.79. The van der Waals surface area contributed by atoms with Gasteiger partial charge in [0.1, 0.15) is 11.3 Å². The van der Waals surface area contributed by atoms with Crippen molar-refractivity contribution in [2.45, 2.75) is 25.8 Å². The predicted molar refractivity (Wildman–Crippen MR) is 99.7 cm³/mol. The molecule has 132 valence electrons. The zero-order valence-electron chi connectivity index (χ0n) is 14.6. The largest absolute Gasteiger partial charge is 0.459 e. The van der Waals surface area contributed by atoms with Gasteiger partial charge in [0.25, 0.3) is 0 Å². The number of fused-ring (bicyclic) bond motifs is 3. The summed E-state index contributed by atoms with van der Waals surface area (Å²) in [6.45, 7) is 4.66. The molecule has 2 N–H and O–H groups in total. The summed E-state index contributed by atoms with van der Waals surface area (Å²) in [5.41, 5.74) is 0.971. The smallest absolute Gasteiger partial charge is 0.135 e. The first-order chi connectivity index (χ1) is 12.2. The minimum atomic E-state index is 0.0434. The highest BCUT2D eigenvalue weighted by Crippen LogP contribution is 2.34. The minimum absolute atomic E-state index is 0.0434. The molecule has 4 nitrogen and oxygen atoms in total. The molecule has 0 saturated carbocycles. The van der Waals surface area contributed by atoms with E-state index in [4.69, 9.17) is 9.15 Å². The lowest BCUT2D eigenvalue weighted by Crippen LogP contribution is -2.36. The van der Waals surface area contributed by atoms with Gasteiger partial charge in [-0.3, -0.25) is 0 Å². The first-order valence-electron chi connectivity index (χ1n) is 9.04. The molecular weight excluding hydrogens is 314 g/mol. The number of ether oxygens (including phenoxy) is 1. The Morgan fingerprint density at radius 2 is 2.08 bits per heavy atom. The van der Waals surface area contributed by atoms with E-state index in [0.29, 0.717) is 0 Å². The Hall–Kier alpha value is -1.88. The number of benzene rings is 2. The summed E-state index contributed by atoms with van der Waals surface area (Å²) >= 11 is 0. The van der Waals surface area contributed by atoms with E-state index in [-0.39, 0.29) is 18.1 Å². The predicted octanol–water partition coefficient (Wildman–Crippen LogP) is 4.03. The molecule has 0 amide bonds. The van der Waals surface area contributed by atoms with Crippen molar-refractivity contribution in [3.8, 4) is 0 Å². The molecule has 1 aliphatic heterocycles. The lowest BCUT2D eigenvalue weighted by molar-refractivity contribution is 0.122. The van der Waals surface area contributed by atoms with Gasteiger partial charge in [-0.05, 0) is 42.7 Å². The summed E-state index contributed by atoms with van der Waals surface area (Å²) in [7, 11) is 0. The third-order valence-electron chi connectivity index (χ3n) is 5.48. The highest BCUT2D eigenvalue weighted by Gasteiger charge is 2.34. The molecule has 2 atom stereocenters. The molecule has 0 spiro atoms. The second-order valence-electron chi connectivity index (χ2n) is 7.23. The van der Waals surface area contributed by atoms with Gasteiger partial charge in [0.2, 0.25) is 0 Å². The maximum Gasteiger partial charge on any atom is 0.135 e. The third kappa shape index (κ3) is 3.17. The Bertz CT molecular complexity index is 864. The molecule has 1 saturated heterocycles. The van der Waals surface area contributed by atoms with Crippen LogP contribution < -0.4 is 5.32 Å². The molecule has 1 aliphatic rings. The lowest BCUT2D eigenvalue weighted by atomic mass is 9.83. The van der Waals surface area contributed by atoms with Crippen LogP contribution in [0.5, 0.6) is 0 Å². The molecular formula is C21H25NO3. The molecule has 0 radical (unpaired) electrons. The molecule has 2 heterocycles. The van der Waals surface area contributed by atoms with Gasteiger partial charge >= 0.3 is 0 Å². The maximum absolute atomic E-state index is 9.37. The highest BCUT2D eigenvalue weighted by atomic mass is 16.5. The van der Waals surface area contributed by atoms with Crippen LogP contribution in [0.2, 0.25) is 0 Å². The third-order valence-corrected chi connectivity index (χ3v) is 5.48. The van der Waals surface area contributed by atoms with Gasteiger partial charge in [-0.2, -0.15) is 0 Å². The minimum Gasteiger partial charge on any atom is -0.459 e. The first kappa shape index (κ1) is 16.6. The summed E-state index contributed by atoms with van der Waals surface area (Å²) in [6.07, 6.45) is 1.77. The number of furan rings is 1. The molecule has 4 heteroatoms. The van der Waals surface area contributed by atoms with E-state index in [1.807, 2.05) is 6.07 Å². The number of aliphatic hydroxyl groups excluding tert-OH is 1. The van der Waals surface area contributed by atoms with Gasteiger partial charge in [0.05, 0.1) is 12.6 Å². The fourth-order valence-corrected chi connectivity index (χ4v) is 3.81. The van der Waals surface area contributed by atoms with Crippen molar-refractivity contribution in [2.75, 3.05) is 26.4 Å². The van der Waals surface area contributed by atoms with E-state index >= 15 is 0 Å². The topological polar surface area (TPSA) is 54.6 Å². The quantitative estimate of drug-likeness (QED) is 0.712. The van der Waals surface area contributed by atoms with Gasteiger partial charge in [0.15, 0.2) is 0 Å². The average molecular weight is 339 g/mol.